The topological polar surface area (TPSA) is 70.2 Å². The third kappa shape index (κ3) is 6.02. The monoisotopic (exact) mass is 467 g/mol. The number of hydrogen-bond donors (Lipinski definition) is 3. The molecule has 8 heteroatoms. The second-order valence-electron chi connectivity index (χ2n) is 6.82. The quantitative estimate of drug-likeness (QED) is 0.453. The van der Waals surface area contributed by atoms with Gasteiger partial charge in [-0.1, -0.05) is 60.4 Å². The van der Waals surface area contributed by atoms with Gasteiger partial charge in [-0.2, -0.15) is 0 Å². The van der Waals surface area contributed by atoms with Gasteiger partial charge in [0.1, 0.15) is 0 Å². The van der Waals surface area contributed by atoms with Crippen LogP contribution in [0, 0.1) is 0 Å². The van der Waals surface area contributed by atoms with Gasteiger partial charge in [-0.25, -0.2) is 0 Å². The highest BCUT2D eigenvalue weighted by Crippen LogP contribution is 2.30. The lowest BCUT2D eigenvalue weighted by Crippen LogP contribution is -2.48. The largest absolute Gasteiger partial charge is 0.298 e. The first-order chi connectivity index (χ1) is 12.6. The fraction of sp³-hybridized carbons (Fsp3) is 0.211. The average molecular weight is 469 g/mol. The standard InChI is InChI=1S/C19H19BrClN3O2S/c1-19(2,3)14-8-7-12(10-15(14)20)16(25)22-18(27)24-23-17(26)11-5-4-6-13(21)9-11/h4-10H,1-3H3,(H,23,26)(H2,22,24,25,27). The minimum Gasteiger partial charge on any atom is -0.298 e. The number of nitrogens with one attached hydrogen (secondary N) is 3. The molecular weight excluding hydrogens is 450 g/mol. The Labute approximate surface area is 177 Å². The van der Waals surface area contributed by atoms with Crippen LogP contribution >= 0.6 is 39.7 Å². The van der Waals surface area contributed by atoms with Crippen molar-refractivity contribution in [2.75, 3.05) is 0 Å². The summed E-state index contributed by atoms with van der Waals surface area (Å²) < 4.78 is 0.843. The number of benzene rings is 2. The van der Waals surface area contributed by atoms with Crippen molar-refractivity contribution in [3.05, 3.63) is 68.7 Å². The van der Waals surface area contributed by atoms with Crippen LogP contribution in [0.2, 0.25) is 5.02 Å². The lowest BCUT2D eigenvalue weighted by molar-refractivity contribution is 0.0934. The van der Waals surface area contributed by atoms with E-state index in [-0.39, 0.29) is 16.4 Å². The summed E-state index contributed by atoms with van der Waals surface area (Å²) in [4.78, 5) is 24.4. The molecule has 2 rings (SSSR count). The van der Waals surface area contributed by atoms with E-state index in [4.69, 9.17) is 23.8 Å². The van der Waals surface area contributed by atoms with Crippen LogP contribution < -0.4 is 16.2 Å². The van der Waals surface area contributed by atoms with Gasteiger partial charge in [-0.15, -0.1) is 0 Å². The van der Waals surface area contributed by atoms with Crippen LogP contribution in [-0.4, -0.2) is 16.9 Å². The Morgan fingerprint density at radius 3 is 2.26 bits per heavy atom. The Balaban J connectivity index is 1.95. The van der Waals surface area contributed by atoms with Gasteiger partial charge >= 0.3 is 0 Å². The van der Waals surface area contributed by atoms with E-state index in [9.17, 15) is 9.59 Å². The molecule has 0 spiro atoms. The van der Waals surface area contributed by atoms with Gasteiger partial charge in [0.05, 0.1) is 0 Å². The second-order valence-corrected chi connectivity index (χ2v) is 8.52. The highest BCUT2D eigenvalue weighted by molar-refractivity contribution is 9.10. The van der Waals surface area contributed by atoms with Gasteiger partial charge < -0.3 is 0 Å². The highest BCUT2D eigenvalue weighted by atomic mass is 79.9. The Morgan fingerprint density at radius 2 is 1.67 bits per heavy atom. The van der Waals surface area contributed by atoms with E-state index in [1.54, 1.807) is 30.3 Å². The van der Waals surface area contributed by atoms with Gasteiger partial charge in [0.25, 0.3) is 11.8 Å². The fourth-order valence-corrected chi connectivity index (χ4v) is 3.59. The number of hydrazine groups is 1. The lowest BCUT2D eigenvalue weighted by Gasteiger charge is -2.21. The summed E-state index contributed by atoms with van der Waals surface area (Å²) in [5.74, 6) is -0.808. The molecule has 0 aliphatic heterocycles. The number of hydrogen-bond acceptors (Lipinski definition) is 3. The van der Waals surface area contributed by atoms with E-state index in [2.05, 4.69) is 52.9 Å². The molecular formula is C19H19BrClN3O2S. The number of amides is 2. The summed E-state index contributed by atoms with van der Waals surface area (Å²) in [7, 11) is 0. The maximum Gasteiger partial charge on any atom is 0.269 e. The van der Waals surface area contributed by atoms with Crippen LogP contribution in [0.4, 0.5) is 0 Å². The van der Waals surface area contributed by atoms with Gasteiger partial charge in [-0.05, 0) is 53.5 Å². The van der Waals surface area contributed by atoms with Crippen molar-refractivity contribution in [2.24, 2.45) is 0 Å². The van der Waals surface area contributed by atoms with Crippen molar-refractivity contribution in [2.45, 2.75) is 26.2 Å². The Hall–Kier alpha value is -1.96. The molecule has 0 saturated heterocycles. The molecule has 0 radical (unpaired) electrons. The summed E-state index contributed by atoms with van der Waals surface area (Å²) in [6.07, 6.45) is 0. The van der Waals surface area contributed by atoms with Gasteiger partial charge in [0, 0.05) is 20.6 Å². The molecule has 0 aromatic heterocycles. The van der Waals surface area contributed by atoms with Crippen molar-refractivity contribution in [3.8, 4) is 0 Å². The molecule has 2 amide bonds. The summed E-state index contributed by atoms with van der Waals surface area (Å²) in [6.45, 7) is 6.28. The molecule has 0 aliphatic carbocycles. The smallest absolute Gasteiger partial charge is 0.269 e. The van der Waals surface area contributed by atoms with Crippen LogP contribution in [-0.2, 0) is 5.41 Å². The summed E-state index contributed by atoms with van der Waals surface area (Å²) in [5, 5.41) is 2.94. The number of thiocarbonyl (C=S) groups is 1. The van der Waals surface area contributed by atoms with E-state index in [0.29, 0.717) is 16.1 Å². The first kappa shape index (κ1) is 21.3. The zero-order valence-electron chi connectivity index (χ0n) is 15.0. The fourth-order valence-electron chi connectivity index (χ4n) is 2.29. The Morgan fingerprint density at radius 1 is 1.00 bits per heavy atom. The zero-order chi connectivity index (χ0) is 20.2. The highest BCUT2D eigenvalue weighted by Gasteiger charge is 2.18. The number of rotatable bonds is 2. The Bertz CT molecular complexity index is 897. The molecule has 2 aromatic rings. The predicted octanol–water partition coefficient (Wildman–Crippen LogP) is 4.35. The lowest BCUT2D eigenvalue weighted by atomic mass is 9.86. The molecule has 0 heterocycles. The maximum absolute atomic E-state index is 12.3. The first-order valence-electron chi connectivity index (χ1n) is 8.05. The van der Waals surface area contributed by atoms with Crippen molar-refractivity contribution in [1.29, 1.82) is 0 Å². The molecule has 3 N–H and O–H groups in total. The number of carbonyl (C=O) groups is 2. The zero-order valence-corrected chi connectivity index (χ0v) is 18.2. The van der Waals surface area contributed by atoms with Gasteiger partial charge in [-0.3, -0.25) is 25.8 Å². The average Bonchev–Trinajstić information content (AvgIpc) is 2.58. The van der Waals surface area contributed by atoms with E-state index in [1.807, 2.05) is 6.07 Å². The number of carbonyl (C=O) groups excluding carboxylic acids is 2. The van der Waals surface area contributed by atoms with Crippen molar-refractivity contribution >= 4 is 56.7 Å². The third-order valence-corrected chi connectivity index (χ3v) is 4.74. The minimum atomic E-state index is -0.425. The number of halogens is 2. The summed E-state index contributed by atoms with van der Waals surface area (Å²) in [5.41, 5.74) is 6.76. The summed E-state index contributed by atoms with van der Waals surface area (Å²) in [6, 6.07) is 11.8. The van der Waals surface area contributed by atoms with E-state index in [0.717, 1.165) is 10.0 Å². The van der Waals surface area contributed by atoms with E-state index in [1.165, 1.54) is 6.07 Å². The molecule has 0 bridgehead atoms. The molecule has 2 aromatic carbocycles. The molecule has 5 nitrogen and oxygen atoms in total. The molecule has 0 aliphatic rings. The van der Waals surface area contributed by atoms with Crippen molar-refractivity contribution < 1.29 is 9.59 Å². The summed E-state index contributed by atoms with van der Waals surface area (Å²) >= 11 is 14.4. The normalized spacial score (nSPS) is 10.9. The van der Waals surface area contributed by atoms with Crippen LogP contribution in [0.15, 0.2) is 46.9 Å². The van der Waals surface area contributed by atoms with Crippen LogP contribution in [0.5, 0.6) is 0 Å². The molecule has 0 saturated carbocycles. The van der Waals surface area contributed by atoms with Crippen molar-refractivity contribution in [1.82, 2.24) is 16.2 Å². The maximum atomic E-state index is 12.3. The molecule has 27 heavy (non-hydrogen) atoms. The molecule has 0 fully saturated rings. The van der Waals surface area contributed by atoms with E-state index < -0.39 is 5.91 Å². The van der Waals surface area contributed by atoms with Crippen molar-refractivity contribution in [3.63, 3.8) is 0 Å². The van der Waals surface area contributed by atoms with Gasteiger partial charge in [0.2, 0.25) is 0 Å². The van der Waals surface area contributed by atoms with Crippen LogP contribution in [0.1, 0.15) is 47.1 Å². The van der Waals surface area contributed by atoms with E-state index >= 15 is 0 Å². The minimum absolute atomic E-state index is 0.0219. The van der Waals surface area contributed by atoms with Crippen LogP contribution in [0.25, 0.3) is 0 Å². The van der Waals surface area contributed by atoms with Crippen LogP contribution in [0.3, 0.4) is 0 Å². The molecule has 142 valence electrons. The molecule has 0 atom stereocenters. The third-order valence-electron chi connectivity index (χ3n) is 3.64. The van der Waals surface area contributed by atoms with Gasteiger partial charge in [0.15, 0.2) is 5.11 Å². The second kappa shape index (κ2) is 8.82. The Kier molecular flexibility index (Phi) is 6.97. The SMILES string of the molecule is CC(C)(C)c1ccc(C(=O)NC(=S)NNC(=O)c2cccc(Cl)c2)cc1Br. The molecule has 0 unspecified atom stereocenters. The first-order valence-corrected chi connectivity index (χ1v) is 9.63. The predicted molar refractivity (Wildman–Crippen MR) is 115 cm³/mol.